The summed E-state index contributed by atoms with van der Waals surface area (Å²) in [7, 11) is 0. The summed E-state index contributed by atoms with van der Waals surface area (Å²) >= 11 is 0. The Morgan fingerprint density at radius 3 is 2.69 bits per heavy atom. The van der Waals surface area contributed by atoms with Crippen LogP contribution in [0, 0.1) is 5.82 Å². The zero-order chi connectivity index (χ0) is 11.6. The highest BCUT2D eigenvalue weighted by Gasteiger charge is 1.99. The predicted octanol–water partition coefficient (Wildman–Crippen LogP) is 1.83. The highest BCUT2D eigenvalue weighted by molar-refractivity contribution is 5.23. The molecule has 0 saturated heterocycles. The number of nitrogens with one attached hydrogen (secondary N) is 1. The third kappa shape index (κ3) is 5.09. The third-order valence-electron chi connectivity index (χ3n) is 2.00. The van der Waals surface area contributed by atoms with Crippen molar-refractivity contribution in [1.82, 2.24) is 5.32 Å². The van der Waals surface area contributed by atoms with Crippen LogP contribution in [0.1, 0.15) is 6.92 Å². The van der Waals surface area contributed by atoms with Crippen molar-refractivity contribution in [3.05, 3.63) is 30.1 Å². The molecule has 0 aliphatic rings. The van der Waals surface area contributed by atoms with Gasteiger partial charge in [-0.1, -0.05) is 12.1 Å². The van der Waals surface area contributed by atoms with Crippen molar-refractivity contribution in [3.63, 3.8) is 0 Å². The first-order valence-electron chi connectivity index (χ1n) is 5.50. The highest BCUT2D eigenvalue weighted by Crippen LogP contribution is 2.14. The molecule has 90 valence electrons. The van der Waals surface area contributed by atoms with Gasteiger partial charge in [0.25, 0.3) is 0 Å². The Morgan fingerprint density at radius 1 is 1.19 bits per heavy atom. The molecule has 1 rings (SSSR count). The zero-order valence-corrected chi connectivity index (χ0v) is 9.54. The number of hydrogen-bond acceptors (Lipinski definition) is 3. The molecule has 0 aromatic heterocycles. The minimum atomic E-state index is -0.322. The van der Waals surface area contributed by atoms with Crippen molar-refractivity contribution in [2.24, 2.45) is 0 Å². The Kier molecular flexibility index (Phi) is 6.53. The highest BCUT2D eigenvalue weighted by atomic mass is 19.1. The molecule has 0 saturated carbocycles. The fourth-order valence-corrected chi connectivity index (χ4v) is 1.21. The van der Waals surface area contributed by atoms with Gasteiger partial charge in [-0.2, -0.15) is 0 Å². The number of rotatable bonds is 8. The SMILES string of the molecule is CCOCCNCCOc1ccccc1F. The smallest absolute Gasteiger partial charge is 0.165 e. The molecule has 0 radical (unpaired) electrons. The van der Waals surface area contributed by atoms with Gasteiger partial charge >= 0.3 is 0 Å². The number of halogens is 1. The van der Waals surface area contributed by atoms with E-state index in [2.05, 4.69) is 5.32 Å². The minimum Gasteiger partial charge on any atom is -0.489 e. The molecule has 0 amide bonds. The molecule has 4 heteroatoms. The second kappa shape index (κ2) is 8.07. The molecule has 1 aromatic carbocycles. The molecule has 1 aromatic rings. The van der Waals surface area contributed by atoms with Gasteiger partial charge in [0.05, 0.1) is 6.61 Å². The van der Waals surface area contributed by atoms with Gasteiger partial charge in [-0.25, -0.2) is 4.39 Å². The fourth-order valence-electron chi connectivity index (χ4n) is 1.21. The van der Waals surface area contributed by atoms with E-state index in [-0.39, 0.29) is 5.82 Å². The van der Waals surface area contributed by atoms with Gasteiger partial charge in [0, 0.05) is 19.7 Å². The van der Waals surface area contributed by atoms with E-state index in [1.807, 2.05) is 6.92 Å². The lowest BCUT2D eigenvalue weighted by Crippen LogP contribution is -2.25. The predicted molar refractivity (Wildman–Crippen MR) is 61.3 cm³/mol. The van der Waals surface area contributed by atoms with Crippen molar-refractivity contribution >= 4 is 0 Å². The van der Waals surface area contributed by atoms with E-state index < -0.39 is 0 Å². The Hall–Kier alpha value is -1.13. The van der Waals surface area contributed by atoms with Gasteiger partial charge in [-0.3, -0.25) is 0 Å². The van der Waals surface area contributed by atoms with E-state index in [0.29, 0.717) is 25.5 Å². The molecule has 0 aliphatic heterocycles. The summed E-state index contributed by atoms with van der Waals surface area (Å²) in [6.45, 7) is 5.30. The lowest BCUT2D eigenvalue weighted by atomic mass is 10.3. The normalized spacial score (nSPS) is 10.4. The first kappa shape index (κ1) is 12.9. The standard InChI is InChI=1S/C12H18FNO2/c1-2-15-9-7-14-8-10-16-12-6-4-3-5-11(12)13/h3-6,14H,2,7-10H2,1H3. The van der Waals surface area contributed by atoms with E-state index in [9.17, 15) is 4.39 Å². The van der Waals surface area contributed by atoms with Crippen LogP contribution in [-0.4, -0.2) is 32.9 Å². The Labute approximate surface area is 95.6 Å². The number of ether oxygens (including phenoxy) is 2. The molecule has 0 fully saturated rings. The topological polar surface area (TPSA) is 30.5 Å². The average Bonchev–Trinajstić information content (AvgIpc) is 2.30. The van der Waals surface area contributed by atoms with Crippen LogP contribution in [0.2, 0.25) is 0 Å². The molecule has 1 N–H and O–H groups in total. The quantitative estimate of drug-likeness (QED) is 0.687. The van der Waals surface area contributed by atoms with E-state index in [4.69, 9.17) is 9.47 Å². The van der Waals surface area contributed by atoms with Gasteiger partial charge in [0.15, 0.2) is 11.6 Å². The Bertz CT molecular complexity index is 294. The fraction of sp³-hybridized carbons (Fsp3) is 0.500. The summed E-state index contributed by atoms with van der Waals surface area (Å²) in [6, 6.07) is 6.40. The molecule has 0 spiro atoms. The maximum atomic E-state index is 13.1. The summed E-state index contributed by atoms with van der Waals surface area (Å²) in [5, 5.41) is 3.14. The number of hydrogen-bond donors (Lipinski definition) is 1. The van der Waals surface area contributed by atoms with Crippen molar-refractivity contribution in [3.8, 4) is 5.75 Å². The molecular formula is C12H18FNO2. The molecule has 0 atom stereocenters. The minimum absolute atomic E-state index is 0.300. The monoisotopic (exact) mass is 227 g/mol. The third-order valence-corrected chi connectivity index (χ3v) is 2.00. The maximum absolute atomic E-state index is 13.1. The second-order valence-electron chi connectivity index (χ2n) is 3.23. The molecule has 16 heavy (non-hydrogen) atoms. The van der Waals surface area contributed by atoms with Gasteiger partial charge in [-0.05, 0) is 19.1 Å². The van der Waals surface area contributed by atoms with Gasteiger partial charge in [-0.15, -0.1) is 0 Å². The molecule has 0 unspecified atom stereocenters. The van der Waals surface area contributed by atoms with Gasteiger partial charge in [0.1, 0.15) is 6.61 Å². The molecule has 0 bridgehead atoms. The van der Waals surface area contributed by atoms with Crippen LogP contribution in [0.3, 0.4) is 0 Å². The van der Waals surface area contributed by atoms with Crippen LogP contribution >= 0.6 is 0 Å². The van der Waals surface area contributed by atoms with Crippen LogP contribution in [0.5, 0.6) is 5.75 Å². The van der Waals surface area contributed by atoms with Crippen LogP contribution in [-0.2, 0) is 4.74 Å². The van der Waals surface area contributed by atoms with E-state index >= 15 is 0 Å². The van der Waals surface area contributed by atoms with Crippen molar-refractivity contribution in [2.75, 3.05) is 32.9 Å². The Balaban J connectivity index is 2.05. The van der Waals surface area contributed by atoms with E-state index in [0.717, 1.165) is 13.2 Å². The summed E-state index contributed by atoms with van der Waals surface area (Å²) in [6.07, 6.45) is 0. The van der Waals surface area contributed by atoms with Crippen LogP contribution < -0.4 is 10.1 Å². The molecular weight excluding hydrogens is 209 g/mol. The summed E-state index contributed by atoms with van der Waals surface area (Å²) in [4.78, 5) is 0. The number of benzene rings is 1. The second-order valence-corrected chi connectivity index (χ2v) is 3.23. The largest absolute Gasteiger partial charge is 0.489 e. The first-order chi connectivity index (χ1) is 7.84. The maximum Gasteiger partial charge on any atom is 0.165 e. The number of para-hydroxylation sites is 1. The molecule has 3 nitrogen and oxygen atoms in total. The summed E-state index contributed by atoms with van der Waals surface area (Å²) < 4.78 is 23.5. The average molecular weight is 227 g/mol. The van der Waals surface area contributed by atoms with Crippen LogP contribution in [0.4, 0.5) is 4.39 Å². The molecule has 0 heterocycles. The van der Waals surface area contributed by atoms with Crippen molar-refractivity contribution in [1.29, 1.82) is 0 Å². The Morgan fingerprint density at radius 2 is 1.94 bits per heavy atom. The first-order valence-corrected chi connectivity index (χ1v) is 5.50. The lowest BCUT2D eigenvalue weighted by molar-refractivity contribution is 0.148. The lowest BCUT2D eigenvalue weighted by Gasteiger charge is -2.08. The van der Waals surface area contributed by atoms with Gasteiger partial charge in [0.2, 0.25) is 0 Å². The van der Waals surface area contributed by atoms with Crippen molar-refractivity contribution in [2.45, 2.75) is 6.92 Å². The summed E-state index contributed by atoms with van der Waals surface area (Å²) in [5.74, 6) is -0.0223. The van der Waals surface area contributed by atoms with E-state index in [1.54, 1.807) is 18.2 Å². The zero-order valence-electron chi connectivity index (χ0n) is 9.54. The van der Waals surface area contributed by atoms with Crippen molar-refractivity contribution < 1.29 is 13.9 Å². The van der Waals surface area contributed by atoms with Crippen LogP contribution in [0.15, 0.2) is 24.3 Å². The summed E-state index contributed by atoms with van der Waals surface area (Å²) in [5.41, 5.74) is 0. The molecule has 0 aliphatic carbocycles. The van der Waals surface area contributed by atoms with Crippen LogP contribution in [0.25, 0.3) is 0 Å². The van der Waals surface area contributed by atoms with E-state index in [1.165, 1.54) is 6.07 Å². The van der Waals surface area contributed by atoms with Gasteiger partial charge < -0.3 is 14.8 Å².